The van der Waals surface area contributed by atoms with Crippen LogP contribution in [0.25, 0.3) is 16.6 Å². The smallest absolute Gasteiger partial charge is 0.245 e. The van der Waals surface area contributed by atoms with Crippen LogP contribution in [-0.2, 0) is 9.59 Å². The number of benzene rings is 2. The lowest BCUT2D eigenvalue weighted by atomic mass is 10.1. The number of nitrogens with zero attached hydrogens (tertiary/aromatic N) is 6. The molecule has 10 nitrogen and oxygen atoms in total. The number of hydrogen-bond donors (Lipinski definition) is 2. The minimum absolute atomic E-state index is 0.0103. The van der Waals surface area contributed by atoms with E-state index in [9.17, 15) is 9.59 Å². The van der Waals surface area contributed by atoms with Crippen LogP contribution in [0.2, 0.25) is 0 Å². The lowest BCUT2D eigenvalue weighted by Crippen LogP contribution is -2.49. The number of rotatable bonds is 6. The zero-order chi connectivity index (χ0) is 25.2. The highest BCUT2D eigenvalue weighted by Crippen LogP contribution is 2.23. The molecular weight excluding hydrogens is 456 g/mol. The van der Waals surface area contributed by atoms with E-state index in [-0.39, 0.29) is 24.7 Å². The van der Waals surface area contributed by atoms with Gasteiger partial charge in [0.15, 0.2) is 5.65 Å². The lowest BCUT2D eigenvalue weighted by Gasteiger charge is -2.37. The molecule has 2 aromatic heterocycles. The predicted molar refractivity (Wildman–Crippen MR) is 139 cm³/mol. The number of amides is 2. The fourth-order valence-corrected chi connectivity index (χ4v) is 4.56. The summed E-state index contributed by atoms with van der Waals surface area (Å²) in [7, 11) is 0. The van der Waals surface area contributed by atoms with Crippen molar-refractivity contribution in [3.63, 3.8) is 0 Å². The van der Waals surface area contributed by atoms with Gasteiger partial charge in [-0.1, -0.05) is 24.3 Å². The van der Waals surface area contributed by atoms with Gasteiger partial charge in [0.2, 0.25) is 17.8 Å². The third kappa shape index (κ3) is 4.79. The van der Waals surface area contributed by atoms with Gasteiger partial charge in [0.1, 0.15) is 5.82 Å². The molecule has 1 saturated heterocycles. The quantitative estimate of drug-likeness (QED) is 0.404. The number of carbonyl (C=O) groups excluding carboxylic acids is 2. The number of aromatic nitrogens is 4. The van der Waals surface area contributed by atoms with Crippen molar-refractivity contribution in [3.8, 4) is 0 Å². The van der Waals surface area contributed by atoms with E-state index in [0.717, 1.165) is 24.0 Å². The Morgan fingerprint density at radius 2 is 1.72 bits per heavy atom. The summed E-state index contributed by atoms with van der Waals surface area (Å²) in [4.78, 5) is 38.4. The van der Waals surface area contributed by atoms with Crippen molar-refractivity contribution in [2.75, 3.05) is 36.5 Å². The maximum absolute atomic E-state index is 12.7. The normalized spacial score (nSPS) is 13.9. The summed E-state index contributed by atoms with van der Waals surface area (Å²) in [6.07, 6.45) is 0.232. The molecule has 1 fully saturated rings. The average molecular weight is 487 g/mol. The van der Waals surface area contributed by atoms with Gasteiger partial charge in [-0.15, -0.1) is 5.10 Å². The minimum Gasteiger partial charge on any atom is -0.368 e. The predicted octanol–water partition coefficient (Wildman–Crippen LogP) is 2.77. The number of fused-ring (bicyclic) bond motifs is 3. The molecule has 1 aliphatic heterocycles. The first kappa shape index (κ1) is 23.5. The van der Waals surface area contributed by atoms with Crippen molar-refractivity contribution in [2.24, 2.45) is 0 Å². The van der Waals surface area contributed by atoms with Gasteiger partial charge in [-0.05, 0) is 50.1 Å². The zero-order valence-corrected chi connectivity index (χ0v) is 20.8. The van der Waals surface area contributed by atoms with Crippen LogP contribution in [0, 0.1) is 20.8 Å². The van der Waals surface area contributed by atoms with Gasteiger partial charge in [-0.2, -0.15) is 4.52 Å². The maximum Gasteiger partial charge on any atom is 0.245 e. The van der Waals surface area contributed by atoms with E-state index in [1.54, 1.807) is 11.4 Å². The van der Waals surface area contributed by atoms with E-state index >= 15 is 0 Å². The molecule has 0 bridgehead atoms. The highest BCUT2D eigenvalue weighted by Gasteiger charge is 2.22. The highest BCUT2D eigenvalue weighted by molar-refractivity contribution is 5.92. The standard InChI is InChI=1S/C26H30N8O2/c1-17-8-9-18(2)22(16-17)32-12-14-33(15-13-32)24(36)11-10-23(35)29-30-26-28-21-7-5-4-6-20(21)25-27-19(3)31-34(25)26/h4-9,16H,10-15H2,1-3H3,(H,28,30)(H,29,35). The van der Waals surface area contributed by atoms with Crippen LogP contribution in [0.4, 0.5) is 11.6 Å². The number of aryl methyl sites for hydroxylation is 3. The summed E-state index contributed by atoms with van der Waals surface area (Å²) in [6.45, 7) is 8.87. The second-order valence-electron chi connectivity index (χ2n) is 9.18. The fourth-order valence-electron chi connectivity index (χ4n) is 4.56. The number of hydrazine groups is 1. The van der Waals surface area contributed by atoms with Crippen LogP contribution >= 0.6 is 0 Å². The molecule has 0 unspecified atom stereocenters. The Balaban J connectivity index is 1.14. The molecule has 0 atom stereocenters. The molecule has 0 aliphatic carbocycles. The molecule has 2 aromatic carbocycles. The lowest BCUT2D eigenvalue weighted by molar-refractivity contribution is -0.133. The molecular formula is C26H30N8O2. The zero-order valence-electron chi connectivity index (χ0n) is 20.8. The highest BCUT2D eigenvalue weighted by atomic mass is 16.2. The molecule has 5 rings (SSSR count). The largest absolute Gasteiger partial charge is 0.368 e. The van der Waals surface area contributed by atoms with Crippen LogP contribution in [-0.4, -0.2) is 62.5 Å². The van der Waals surface area contributed by atoms with Crippen LogP contribution in [0.15, 0.2) is 42.5 Å². The van der Waals surface area contributed by atoms with E-state index < -0.39 is 0 Å². The molecule has 4 aromatic rings. The van der Waals surface area contributed by atoms with E-state index in [1.807, 2.05) is 29.2 Å². The number of anilines is 2. The van der Waals surface area contributed by atoms with Crippen molar-refractivity contribution in [1.82, 2.24) is 29.9 Å². The SMILES string of the molecule is Cc1ccc(C)c(N2CCN(C(=O)CCC(=O)NNc3nc4ccccc4c4nc(C)nn34)CC2)c1. The number of piperazine rings is 1. The minimum atomic E-state index is -0.294. The second-order valence-corrected chi connectivity index (χ2v) is 9.18. The average Bonchev–Trinajstić information content (AvgIpc) is 3.29. The van der Waals surface area contributed by atoms with E-state index in [0.29, 0.717) is 30.5 Å². The third-order valence-electron chi connectivity index (χ3n) is 6.50. The molecule has 0 radical (unpaired) electrons. The van der Waals surface area contributed by atoms with Crippen molar-refractivity contribution in [3.05, 3.63) is 59.4 Å². The van der Waals surface area contributed by atoms with E-state index in [4.69, 9.17) is 0 Å². The van der Waals surface area contributed by atoms with Gasteiger partial charge in [0.25, 0.3) is 0 Å². The molecule has 186 valence electrons. The number of carbonyl (C=O) groups is 2. The van der Waals surface area contributed by atoms with Crippen LogP contribution < -0.4 is 15.8 Å². The molecule has 0 spiro atoms. The van der Waals surface area contributed by atoms with Gasteiger partial charge in [0.05, 0.1) is 5.52 Å². The first-order chi connectivity index (χ1) is 17.4. The Hall–Kier alpha value is -4.21. The first-order valence-electron chi connectivity index (χ1n) is 12.2. The summed E-state index contributed by atoms with van der Waals surface area (Å²) in [5, 5.41) is 5.25. The molecule has 1 aliphatic rings. The molecule has 10 heteroatoms. The van der Waals surface area contributed by atoms with Crippen molar-refractivity contribution >= 4 is 40.0 Å². The van der Waals surface area contributed by atoms with Crippen molar-refractivity contribution in [1.29, 1.82) is 0 Å². The monoisotopic (exact) mass is 486 g/mol. The molecule has 3 heterocycles. The Kier molecular flexibility index (Phi) is 6.41. The summed E-state index contributed by atoms with van der Waals surface area (Å²) >= 11 is 0. The molecule has 2 N–H and O–H groups in total. The van der Waals surface area contributed by atoms with Gasteiger partial charge < -0.3 is 9.80 Å². The van der Waals surface area contributed by atoms with Crippen LogP contribution in [0.5, 0.6) is 0 Å². The third-order valence-corrected chi connectivity index (χ3v) is 6.50. The molecule has 0 saturated carbocycles. The summed E-state index contributed by atoms with van der Waals surface area (Å²) in [5.41, 5.74) is 10.6. The van der Waals surface area contributed by atoms with Crippen molar-refractivity contribution in [2.45, 2.75) is 33.6 Å². The Bertz CT molecular complexity index is 1440. The first-order valence-corrected chi connectivity index (χ1v) is 12.2. The van der Waals surface area contributed by atoms with Crippen LogP contribution in [0.3, 0.4) is 0 Å². The molecule has 2 amide bonds. The summed E-state index contributed by atoms with van der Waals surface area (Å²) in [5.74, 6) is 0.651. The van der Waals surface area contributed by atoms with Gasteiger partial charge in [-0.3, -0.25) is 20.4 Å². The maximum atomic E-state index is 12.7. The molecule has 36 heavy (non-hydrogen) atoms. The van der Waals surface area contributed by atoms with E-state index in [1.165, 1.54) is 16.8 Å². The fraction of sp³-hybridized carbons (Fsp3) is 0.346. The Morgan fingerprint density at radius 3 is 2.53 bits per heavy atom. The van der Waals surface area contributed by atoms with Gasteiger partial charge in [0, 0.05) is 50.1 Å². The number of para-hydroxylation sites is 1. The van der Waals surface area contributed by atoms with E-state index in [2.05, 4.69) is 62.9 Å². The van der Waals surface area contributed by atoms with Gasteiger partial charge in [-0.25, -0.2) is 9.97 Å². The van der Waals surface area contributed by atoms with Gasteiger partial charge >= 0.3 is 0 Å². The number of hydrogen-bond acceptors (Lipinski definition) is 7. The van der Waals surface area contributed by atoms with Crippen molar-refractivity contribution < 1.29 is 9.59 Å². The summed E-state index contributed by atoms with van der Waals surface area (Å²) < 4.78 is 1.57. The van der Waals surface area contributed by atoms with Crippen LogP contribution in [0.1, 0.15) is 29.8 Å². The summed E-state index contributed by atoms with van der Waals surface area (Å²) in [6, 6.07) is 14.1. The Labute approximate surface area is 209 Å². The topological polar surface area (TPSA) is 108 Å². The Morgan fingerprint density at radius 1 is 0.944 bits per heavy atom. The second kappa shape index (κ2) is 9.80. The number of nitrogens with one attached hydrogen (secondary N) is 2.